The van der Waals surface area contributed by atoms with Gasteiger partial charge < -0.3 is 5.32 Å². The van der Waals surface area contributed by atoms with E-state index >= 15 is 0 Å². The molecule has 1 atom stereocenters. The van der Waals surface area contributed by atoms with Gasteiger partial charge in [0.1, 0.15) is 6.04 Å². The number of carbonyl (C=O) groups is 1. The molecule has 0 saturated carbocycles. The molecule has 1 N–H and O–H groups in total. The predicted octanol–water partition coefficient (Wildman–Crippen LogP) is 2.41. The van der Waals surface area contributed by atoms with E-state index in [0.717, 1.165) is 5.56 Å². The molecule has 94 valence electrons. The molecule has 18 heavy (non-hydrogen) atoms. The molecule has 0 spiro atoms. The van der Waals surface area contributed by atoms with Crippen LogP contribution in [0.4, 0.5) is 0 Å². The minimum Gasteiger partial charge on any atom is -0.350 e. The number of benzene rings is 1. The van der Waals surface area contributed by atoms with Crippen LogP contribution in [0, 0.1) is 0 Å². The molecule has 1 heterocycles. The van der Waals surface area contributed by atoms with E-state index < -0.39 is 0 Å². The Morgan fingerprint density at radius 1 is 1.44 bits per heavy atom. The van der Waals surface area contributed by atoms with Gasteiger partial charge in [0.15, 0.2) is 0 Å². The normalized spacial score (nSPS) is 12.1. The first-order valence-electron chi connectivity index (χ1n) is 5.68. The largest absolute Gasteiger partial charge is 0.350 e. The summed E-state index contributed by atoms with van der Waals surface area (Å²) in [5, 5.41) is 7.60. The third kappa shape index (κ3) is 3.11. The molecular formula is C13H14ClN3O. The molecule has 0 aliphatic rings. The van der Waals surface area contributed by atoms with Crippen LogP contribution >= 0.6 is 11.6 Å². The van der Waals surface area contributed by atoms with Gasteiger partial charge in [0, 0.05) is 24.0 Å². The Labute approximate surface area is 111 Å². The van der Waals surface area contributed by atoms with Gasteiger partial charge in [0.25, 0.3) is 0 Å². The molecule has 0 aliphatic carbocycles. The Morgan fingerprint density at radius 2 is 2.17 bits per heavy atom. The summed E-state index contributed by atoms with van der Waals surface area (Å²) in [6.07, 6.45) is 3.43. The van der Waals surface area contributed by atoms with Crippen molar-refractivity contribution in [2.75, 3.05) is 0 Å². The topological polar surface area (TPSA) is 46.9 Å². The second kappa shape index (κ2) is 5.69. The van der Waals surface area contributed by atoms with E-state index in [1.807, 2.05) is 19.1 Å². The van der Waals surface area contributed by atoms with Gasteiger partial charge in [-0.05, 0) is 30.7 Å². The van der Waals surface area contributed by atoms with Gasteiger partial charge >= 0.3 is 0 Å². The van der Waals surface area contributed by atoms with Gasteiger partial charge in [0.2, 0.25) is 5.91 Å². The zero-order chi connectivity index (χ0) is 13.0. The minimum absolute atomic E-state index is 0.0614. The Bertz CT molecular complexity index is 508. The maximum Gasteiger partial charge on any atom is 0.244 e. The smallest absolute Gasteiger partial charge is 0.244 e. The zero-order valence-corrected chi connectivity index (χ0v) is 10.8. The lowest BCUT2D eigenvalue weighted by atomic mass is 10.2. The van der Waals surface area contributed by atoms with E-state index in [2.05, 4.69) is 10.4 Å². The average Bonchev–Trinajstić information content (AvgIpc) is 2.90. The molecule has 0 fully saturated rings. The average molecular weight is 264 g/mol. The minimum atomic E-state index is -0.313. The fourth-order valence-corrected chi connectivity index (χ4v) is 1.69. The summed E-state index contributed by atoms with van der Waals surface area (Å²) >= 11 is 5.79. The molecule has 1 aromatic heterocycles. The van der Waals surface area contributed by atoms with E-state index in [4.69, 9.17) is 11.6 Å². The van der Waals surface area contributed by atoms with Crippen LogP contribution in [0.5, 0.6) is 0 Å². The highest BCUT2D eigenvalue weighted by atomic mass is 35.5. The van der Waals surface area contributed by atoms with Crippen molar-refractivity contribution in [1.29, 1.82) is 0 Å². The highest BCUT2D eigenvalue weighted by molar-refractivity contribution is 6.30. The van der Waals surface area contributed by atoms with Crippen LogP contribution in [0.15, 0.2) is 42.7 Å². The number of hydrogen-bond acceptors (Lipinski definition) is 2. The van der Waals surface area contributed by atoms with E-state index in [1.165, 1.54) is 0 Å². The van der Waals surface area contributed by atoms with Gasteiger partial charge in [-0.15, -0.1) is 0 Å². The summed E-state index contributed by atoms with van der Waals surface area (Å²) in [7, 11) is 0. The number of halogens is 1. The van der Waals surface area contributed by atoms with Crippen molar-refractivity contribution in [2.45, 2.75) is 19.5 Å². The highest BCUT2D eigenvalue weighted by Crippen LogP contribution is 2.10. The molecule has 4 nitrogen and oxygen atoms in total. The lowest BCUT2D eigenvalue weighted by Gasteiger charge is -2.12. The molecule has 0 aliphatic heterocycles. The van der Waals surface area contributed by atoms with Crippen LogP contribution in [-0.4, -0.2) is 15.7 Å². The molecule has 2 rings (SSSR count). The number of carbonyl (C=O) groups excluding carboxylic acids is 1. The second-order valence-electron chi connectivity index (χ2n) is 4.01. The van der Waals surface area contributed by atoms with Crippen LogP contribution in [-0.2, 0) is 11.3 Å². The van der Waals surface area contributed by atoms with Gasteiger partial charge in [0.05, 0.1) is 0 Å². The Hall–Kier alpha value is -1.81. The number of nitrogens with one attached hydrogen (secondary N) is 1. The zero-order valence-electron chi connectivity index (χ0n) is 10.0. The summed E-state index contributed by atoms with van der Waals surface area (Å²) in [6.45, 7) is 2.30. The maximum absolute atomic E-state index is 11.9. The monoisotopic (exact) mass is 263 g/mol. The second-order valence-corrected chi connectivity index (χ2v) is 4.44. The summed E-state index contributed by atoms with van der Waals surface area (Å²) < 4.78 is 1.62. The third-order valence-electron chi connectivity index (χ3n) is 2.68. The van der Waals surface area contributed by atoms with Crippen LogP contribution in [0.3, 0.4) is 0 Å². The number of hydrogen-bond donors (Lipinski definition) is 1. The van der Waals surface area contributed by atoms with E-state index in [-0.39, 0.29) is 11.9 Å². The van der Waals surface area contributed by atoms with Crippen LogP contribution in [0.2, 0.25) is 5.02 Å². The summed E-state index contributed by atoms with van der Waals surface area (Å²) in [5.74, 6) is -0.0614. The number of aromatic nitrogens is 2. The van der Waals surface area contributed by atoms with Crippen molar-refractivity contribution >= 4 is 17.5 Å². The van der Waals surface area contributed by atoms with Gasteiger partial charge in [-0.3, -0.25) is 9.48 Å². The Kier molecular flexibility index (Phi) is 3.99. The van der Waals surface area contributed by atoms with Crippen LogP contribution < -0.4 is 5.32 Å². The Balaban J connectivity index is 1.90. The van der Waals surface area contributed by atoms with Crippen molar-refractivity contribution in [2.24, 2.45) is 0 Å². The molecule has 0 radical (unpaired) electrons. The molecule has 1 unspecified atom stereocenters. The highest BCUT2D eigenvalue weighted by Gasteiger charge is 2.13. The fraction of sp³-hybridized carbons (Fsp3) is 0.231. The molecule has 0 saturated heterocycles. The lowest BCUT2D eigenvalue weighted by Crippen LogP contribution is -2.30. The Morgan fingerprint density at radius 3 is 2.78 bits per heavy atom. The molecule has 1 amide bonds. The SMILES string of the molecule is CC(C(=O)NCc1ccc(Cl)cc1)n1cccn1. The van der Waals surface area contributed by atoms with Crippen molar-refractivity contribution in [3.05, 3.63) is 53.3 Å². The molecule has 0 bridgehead atoms. The fourth-order valence-electron chi connectivity index (χ4n) is 1.57. The van der Waals surface area contributed by atoms with Crippen molar-refractivity contribution in [1.82, 2.24) is 15.1 Å². The van der Waals surface area contributed by atoms with Crippen molar-refractivity contribution in [3.63, 3.8) is 0 Å². The van der Waals surface area contributed by atoms with Crippen molar-refractivity contribution < 1.29 is 4.79 Å². The van der Waals surface area contributed by atoms with Crippen LogP contribution in [0.1, 0.15) is 18.5 Å². The lowest BCUT2D eigenvalue weighted by molar-refractivity contribution is -0.124. The number of nitrogens with zero attached hydrogens (tertiary/aromatic N) is 2. The predicted molar refractivity (Wildman–Crippen MR) is 70.2 cm³/mol. The van der Waals surface area contributed by atoms with Crippen LogP contribution in [0.25, 0.3) is 0 Å². The van der Waals surface area contributed by atoms with Crippen molar-refractivity contribution in [3.8, 4) is 0 Å². The van der Waals surface area contributed by atoms with Gasteiger partial charge in [-0.1, -0.05) is 23.7 Å². The van der Waals surface area contributed by atoms with E-state index in [0.29, 0.717) is 11.6 Å². The summed E-state index contributed by atoms with van der Waals surface area (Å²) in [4.78, 5) is 11.9. The molecular weight excluding hydrogens is 250 g/mol. The number of amides is 1. The third-order valence-corrected chi connectivity index (χ3v) is 2.93. The van der Waals surface area contributed by atoms with E-state index in [9.17, 15) is 4.79 Å². The van der Waals surface area contributed by atoms with Gasteiger partial charge in [-0.25, -0.2) is 0 Å². The number of rotatable bonds is 4. The molecule has 2 aromatic rings. The molecule has 5 heteroatoms. The van der Waals surface area contributed by atoms with E-state index in [1.54, 1.807) is 35.3 Å². The quantitative estimate of drug-likeness (QED) is 0.921. The first-order valence-corrected chi connectivity index (χ1v) is 6.06. The van der Waals surface area contributed by atoms with Gasteiger partial charge in [-0.2, -0.15) is 5.10 Å². The summed E-state index contributed by atoms with van der Waals surface area (Å²) in [6, 6.07) is 8.87. The standard InChI is InChI=1S/C13H14ClN3O/c1-10(17-8-2-7-16-17)13(18)15-9-11-3-5-12(14)6-4-11/h2-8,10H,9H2,1H3,(H,15,18). The summed E-state index contributed by atoms with van der Waals surface area (Å²) in [5.41, 5.74) is 1.01. The first kappa shape index (κ1) is 12.6. The maximum atomic E-state index is 11.9. The first-order chi connectivity index (χ1) is 8.66. The molecule has 1 aromatic carbocycles.